The Morgan fingerprint density at radius 1 is 0.694 bits per heavy atom. The quantitative estimate of drug-likeness (QED) is 0.278. The van der Waals surface area contributed by atoms with Crippen molar-refractivity contribution in [3.05, 3.63) is 144 Å². The molecule has 0 spiro atoms. The molecule has 0 bridgehead atoms. The lowest BCUT2D eigenvalue weighted by atomic mass is 9.62. The van der Waals surface area contributed by atoms with Gasteiger partial charge in [-0.05, 0) is 51.1 Å². The Labute approximate surface area is 212 Å². The molecule has 2 heteroatoms. The van der Waals surface area contributed by atoms with E-state index in [0.29, 0.717) is 0 Å². The molecule has 0 radical (unpaired) electrons. The summed E-state index contributed by atoms with van der Waals surface area (Å²) in [6.07, 6.45) is 5.42. The minimum absolute atomic E-state index is 0.0279. The summed E-state index contributed by atoms with van der Waals surface area (Å²) in [5, 5.41) is 11.8. The third kappa shape index (κ3) is 3.62. The minimum atomic E-state index is -0.353. The van der Waals surface area contributed by atoms with Gasteiger partial charge in [-0.3, -0.25) is 0 Å². The predicted octanol–water partition coefficient (Wildman–Crippen LogP) is 7.63. The zero-order chi connectivity index (χ0) is 24.4. The Hall–Kier alpha value is -4.14. The topological polar surface area (TPSA) is 29.5 Å². The van der Waals surface area contributed by atoms with Gasteiger partial charge in [-0.1, -0.05) is 121 Å². The van der Waals surface area contributed by atoms with Crippen molar-refractivity contribution in [3.63, 3.8) is 0 Å². The first-order valence-electron chi connectivity index (χ1n) is 12.5. The van der Waals surface area contributed by atoms with Crippen LogP contribution >= 0.6 is 0 Å². The van der Waals surface area contributed by atoms with E-state index in [4.69, 9.17) is 4.74 Å². The number of allylic oxidation sites excluding steroid dienone is 1. The fraction of sp³-hybridized carbons (Fsp3) is 0.118. The van der Waals surface area contributed by atoms with Crippen molar-refractivity contribution in [2.24, 2.45) is 0 Å². The largest absolute Gasteiger partial charge is 0.491 e. The van der Waals surface area contributed by atoms with E-state index < -0.39 is 0 Å². The van der Waals surface area contributed by atoms with Crippen LogP contribution in [-0.4, -0.2) is 18.3 Å². The molecule has 5 aromatic rings. The second kappa shape index (κ2) is 9.49. The zero-order valence-corrected chi connectivity index (χ0v) is 20.1. The molecule has 0 fully saturated rings. The highest BCUT2D eigenvalue weighted by molar-refractivity contribution is 6.01. The molecule has 0 saturated heterocycles. The number of aliphatic hydroxyl groups is 1. The number of hydrogen-bond acceptors (Lipinski definition) is 2. The van der Waals surface area contributed by atoms with Crippen LogP contribution in [0.25, 0.3) is 28.0 Å². The molecule has 1 N–H and O–H groups in total. The molecule has 1 aliphatic carbocycles. The van der Waals surface area contributed by atoms with Crippen LogP contribution in [0.3, 0.4) is 0 Å². The van der Waals surface area contributed by atoms with E-state index in [2.05, 4.69) is 121 Å². The maximum absolute atomic E-state index is 9.54. The highest BCUT2D eigenvalue weighted by atomic mass is 16.5. The second-order valence-electron chi connectivity index (χ2n) is 9.25. The third-order valence-corrected chi connectivity index (χ3v) is 7.29. The first kappa shape index (κ1) is 22.3. The fourth-order valence-corrected chi connectivity index (χ4v) is 5.80. The van der Waals surface area contributed by atoms with Crippen molar-refractivity contribution >= 4 is 16.8 Å². The summed E-state index contributed by atoms with van der Waals surface area (Å²) in [4.78, 5) is 0. The monoisotopic (exact) mass is 468 g/mol. The van der Waals surface area contributed by atoms with Gasteiger partial charge >= 0.3 is 0 Å². The number of rotatable bonds is 6. The van der Waals surface area contributed by atoms with Crippen molar-refractivity contribution < 1.29 is 9.84 Å². The first-order chi connectivity index (χ1) is 17.8. The standard InChI is InChI=1S/C34H28O2/c35-23-24-36-31-21-20-25-11-7-8-18-29(25)32(31)30-19-9-12-26-13-10-22-34(33(26)30,27-14-3-1-4-15-27)28-16-5-2-6-17-28/h1-21,35H,22-24H2. The van der Waals surface area contributed by atoms with Crippen LogP contribution in [0.1, 0.15) is 28.7 Å². The maximum Gasteiger partial charge on any atom is 0.127 e. The van der Waals surface area contributed by atoms with E-state index >= 15 is 0 Å². The zero-order valence-electron chi connectivity index (χ0n) is 20.1. The van der Waals surface area contributed by atoms with Gasteiger partial charge in [-0.15, -0.1) is 0 Å². The van der Waals surface area contributed by atoms with Crippen LogP contribution in [0.5, 0.6) is 5.75 Å². The number of aliphatic hydroxyl groups excluding tert-OH is 1. The smallest absolute Gasteiger partial charge is 0.127 e. The molecule has 176 valence electrons. The Bertz CT molecular complexity index is 1490. The molecule has 0 unspecified atom stereocenters. The Morgan fingerprint density at radius 2 is 1.39 bits per heavy atom. The van der Waals surface area contributed by atoms with Crippen LogP contribution < -0.4 is 4.74 Å². The average molecular weight is 469 g/mol. The van der Waals surface area contributed by atoms with E-state index in [1.165, 1.54) is 22.3 Å². The molecule has 6 rings (SSSR count). The minimum Gasteiger partial charge on any atom is -0.491 e. The molecular weight excluding hydrogens is 440 g/mol. The SMILES string of the molecule is OCCOc1ccc2ccccc2c1-c1cccc2c1C(c1ccccc1)(c1ccccc1)CC=C2. The van der Waals surface area contributed by atoms with Crippen molar-refractivity contribution in [3.8, 4) is 16.9 Å². The lowest BCUT2D eigenvalue weighted by Crippen LogP contribution is -2.32. The van der Waals surface area contributed by atoms with Gasteiger partial charge in [0.15, 0.2) is 0 Å². The first-order valence-corrected chi connectivity index (χ1v) is 12.5. The lowest BCUT2D eigenvalue weighted by Gasteiger charge is -2.40. The highest BCUT2D eigenvalue weighted by Crippen LogP contribution is 2.52. The summed E-state index contributed by atoms with van der Waals surface area (Å²) in [5.41, 5.74) is 6.93. The summed E-state index contributed by atoms with van der Waals surface area (Å²) in [7, 11) is 0. The number of benzene rings is 5. The van der Waals surface area contributed by atoms with Crippen molar-refractivity contribution in [2.75, 3.05) is 13.2 Å². The summed E-state index contributed by atoms with van der Waals surface area (Å²) >= 11 is 0. The van der Waals surface area contributed by atoms with Gasteiger partial charge in [0.2, 0.25) is 0 Å². The molecule has 0 aromatic heterocycles. The van der Waals surface area contributed by atoms with E-state index in [1.807, 2.05) is 6.07 Å². The summed E-state index contributed by atoms with van der Waals surface area (Å²) in [5.74, 6) is 0.792. The fourth-order valence-electron chi connectivity index (χ4n) is 5.80. The van der Waals surface area contributed by atoms with Gasteiger partial charge in [-0.25, -0.2) is 0 Å². The van der Waals surface area contributed by atoms with Crippen molar-refractivity contribution in [1.29, 1.82) is 0 Å². The summed E-state index contributed by atoms with van der Waals surface area (Å²) in [6, 6.07) is 40.9. The lowest BCUT2D eigenvalue weighted by molar-refractivity contribution is 0.202. The maximum atomic E-state index is 9.54. The van der Waals surface area contributed by atoms with E-state index in [0.717, 1.165) is 34.1 Å². The van der Waals surface area contributed by atoms with E-state index in [-0.39, 0.29) is 18.6 Å². The van der Waals surface area contributed by atoms with Crippen LogP contribution in [-0.2, 0) is 5.41 Å². The van der Waals surface area contributed by atoms with Gasteiger partial charge in [-0.2, -0.15) is 0 Å². The Balaban J connectivity index is 1.73. The normalized spacial score (nSPS) is 13.9. The molecule has 0 amide bonds. The molecular formula is C34H28O2. The molecule has 0 heterocycles. The van der Waals surface area contributed by atoms with Gasteiger partial charge in [0, 0.05) is 11.0 Å². The molecule has 0 aliphatic heterocycles. The summed E-state index contributed by atoms with van der Waals surface area (Å²) < 4.78 is 6.15. The molecule has 0 saturated carbocycles. The van der Waals surface area contributed by atoms with Crippen LogP contribution in [0, 0.1) is 0 Å². The highest BCUT2D eigenvalue weighted by Gasteiger charge is 2.40. The van der Waals surface area contributed by atoms with Crippen molar-refractivity contribution in [2.45, 2.75) is 11.8 Å². The van der Waals surface area contributed by atoms with Crippen LogP contribution in [0.2, 0.25) is 0 Å². The number of fused-ring (bicyclic) bond motifs is 2. The molecule has 5 aromatic carbocycles. The Morgan fingerprint density at radius 3 is 2.11 bits per heavy atom. The predicted molar refractivity (Wildman–Crippen MR) is 148 cm³/mol. The van der Waals surface area contributed by atoms with E-state index in [9.17, 15) is 5.11 Å². The molecule has 0 atom stereocenters. The van der Waals surface area contributed by atoms with Crippen molar-refractivity contribution in [1.82, 2.24) is 0 Å². The number of hydrogen-bond donors (Lipinski definition) is 1. The molecule has 1 aliphatic rings. The average Bonchev–Trinajstić information content (AvgIpc) is 2.96. The third-order valence-electron chi connectivity index (χ3n) is 7.29. The van der Waals surface area contributed by atoms with Gasteiger partial charge in [0.25, 0.3) is 0 Å². The van der Waals surface area contributed by atoms with E-state index in [1.54, 1.807) is 0 Å². The Kier molecular flexibility index (Phi) is 5.88. The van der Waals surface area contributed by atoms with Gasteiger partial charge in [0.1, 0.15) is 12.4 Å². The summed E-state index contributed by atoms with van der Waals surface area (Å²) in [6.45, 7) is 0.225. The molecule has 2 nitrogen and oxygen atoms in total. The van der Waals surface area contributed by atoms with Crippen LogP contribution in [0.15, 0.2) is 121 Å². The van der Waals surface area contributed by atoms with Gasteiger partial charge in [0.05, 0.1) is 6.61 Å². The number of ether oxygens (including phenoxy) is 1. The van der Waals surface area contributed by atoms with Gasteiger partial charge < -0.3 is 9.84 Å². The molecule has 36 heavy (non-hydrogen) atoms. The second-order valence-corrected chi connectivity index (χ2v) is 9.25. The van der Waals surface area contributed by atoms with Crippen LogP contribution in [0.4, 0.5) is 0 Å².